The number of rotatable bonds is 5. The number of carbonyl (C=O) groups excluding carboxylic acids is 1. The van der Waals surface area contributed by atoms with E-state index in [1.54, 1.807) is 18.7 Å². The van der Waals surface area contributed by atoms with E-state index in [-0.39, 0.29) is 0 Å². The van der Waals surface area contributed by atoms with Gasteiger partial charge in [0.05, 0.1) is 16.7 Å². The van der Waals surface area contributed by atoms with Gasteiger partial charge in [-0.2, -0.15) is 0 Å². The third-order valence-electron chi connectivity index (χ3n) is 2.35. The van der Waals surface area contributed by atoms with E-state index in [4.69, 9.17) is 0 Å². The van der Waals surface area contributed by atoms with Gasteiger partial charge in [-0.15, -0.1) is 0 Å². The monoisotopic (exact) mass is 334 g/mol. The Morgan fingerprint density at radius 1 is 1.50 bits per heavy atom. The van der Waals surface area contributed by atoms with E-state index < -0.39 is 22.7 Å². The minimum atomic E-state index is -2.62. The third-order valence-corrected chi connectivity index (χ3v) is 3.34. The molecule has 7 heteroatoms. The number of hydrogen-bond acceptors (Lipinski definition) is 4. The summed E-state index contributed by atoms with van der Waals surface area (Å²) in [6.07, 6.45) is 0.431. The smallest absolute Gasteiger partial charge is 0.331 e. The molecule has 100 valence electrons. The summed E-state index contributed by atoms with van der Waals surface area (Å²) >= 11 is 0.770. The van der Waals surface area contributed by atoms with Crippen LogP contribution in [0.3, 0.4) is 0 Å². The molecule has 0 radical (unpaired) electrons. The maximum atomic E-state index is 11.7. The lowest BCUT2D eigenvalue weighted by molar-refractivity contribution is -0.157. The Morgan fingerprint density at radius 3 is 2.67 bits per heavy atom. The second kappa shape index (κ2) is 6.42. The van der Waals surface area contributed by atoms with E-state index in [0.717, 1.165) is 10.0 Å². The molecule has 1 aromatic carbocycles. The van der Waals surface area contributed by atoms with E-state index >= 15 is 0 Å². The van der Waals surface area contributed by atoms with E-state index in [1.807, 2.05) is 24.3 Å². The van der Waals surface area contributed by atoms with Crippen molar-refractivity contribution in [1.29, 1.82) is 0 Å². The Kier molecular flexibility index (Phi) is 5.46. The predicted molar refractivity (Wildman–Crippen MR) is 69.8 cm³/mol. The fraction of sp³-hybridized carbons (Fsp3) is 0.364. The molecule has 0 aromatic heterocycles. The lowest BCUT2D eigenvalue weighted by atomic mass is 9.86. The fourth-order valence-electron chi connectivity index (χ4n) is 1.40. The highest BCUT2D eigenvalue weighted by Gasteiger charge is 2.30. The molecule has 1 rings (SSSR count). The maximum Gasteiger partial charge on any atom is 0.331 e. The normalized spacial score (nSPS) is 13.1. The van der Waals surface area contributed by atoms with Crippen LogP contribution in [-0.2, 0) is 27.3 Å². The first-order valence-corrected chi connectivity index (χ1v) is 6.99. The molecule has 0 aliphatic rings. The molecule has 0 spiro atoms. The van der Waals surface area contributed by atoms with Crippen LogP contribution >= 0.6 is 15.9 Å². The molecule has 0 aliphatic carbocycles. The van der Waals surface area contributed by atoms with Crippen molar-refractivity contribution >= 4 is 33.2 Å². The Hall–Kier alpha value is -0.760. The molecule has 0 saturated heterocycles. The maximum absolute atomic E-state index is 11.7. The zero-order valence-electron chi connectivity index (χ0n) is 9.94. The van der Waals surface area contributed by atoms with Gasteiger partial charge >= 0.3 is 5.97 Å². The standard InChI is InChI=1S/C11H14BrNO4S/c1-11(2,10(14)17-13-18(15)16)7-8-5-3-4-6-9(8)12/h3-6,13H,7H2,1-2H3,(H,15,16)/p-1. The largest absolute Gasteiger partial charge is 0.758 e. The molecule has 0 saturated carbocycles. The number of carbonyl (C=O) groups is 1. The highest BCUT2D eigenvalue weighted by atomic mass is 79.9. The van der Waals surface area contributed by atoms with Gasteiger partial charge in [-0.05, 0) is 31.9 Å². The van der Waals surface area contributed by atoms with E-state index in [2.05, 4.69) is 20.8 Å². The van der Waals surface area contributed by atoms with Crippen LogP contribution in [0.2, 0.25) is 0 Å². The lowest BCUT2D eigenvalue weighted by Crippen LogP contribution is -2.34. The van der Waals surface area contributed by atoms with Crippen LogP contribution in [0.5, 0.6) is 0 Å². The van der Waals surface area contributed by atoms with Gasteiger partial charge in [0, 0.05) is 4.47 Å². The zero-order valence-corrected chi connectivity index (χ0v) is 12.3. The highest BCUT2D eigenvalue weighted by molar-refractivity contribution is 9.10. The van der Waals surface area contributed by atoms with Crippen LogP contribution in [0.4, 0.5) is 0 Å². The molecule has 1 atom stereocenters. The molecule has 1 aromatic rings. The summed E-state index contributed by atoms with van der Waals surface area (Å²) in [5.74, 6) is -0.637. The zero-order chi connectivity index (χ0) is 13.8. The molecular weight excluding hydrogens is 322 g/mol. The number of benzene rings is 1. The van der Waals surface area contributed by atoms with Crippen molar-refractivity contribution in [3.8, 4) is 0 Å². The van der Waals surface area contributed by atoms with Crippen molar-refractivity contribution < 1.29 is 18.4 Å². The minimum absolute atomic E-state index is 0.431. The summed E-state index contributed by atoms with van der Waals surface area (Å²) in [6.45, 7) is 3.37. The first kappa shape index (κ1) is 15.3. The topological polar surface area (TPSA) is 78.5 Å². The Balaban J connectivity index is 2.72. The number of hydrogen-bond donors (Lipinski definition) is 1. The van der Waals surface area contributed by atoms with Crippen molar-refractivity contribution in [2.24, 2.45) is 5.41 Å². The van der Waals surface area contributed by atoms with E-state index in [9.17, 15) is 13.6 Å². The molecule has 5 nitrogen and oxygen atoms in total. The molecule has 0 fully saturated rings. The van der Waals surface area contributed by atoms with Crippen LogP contribution in [-0.4, -0.2) is 14.7 Å². The lowest BCUT2D eigenvalue weighted by Gasteiger charge is -2.23. The van der Waals surface area contributed by atoms with Crippen molar-refractivity contribution in [3.05, 3.63) is 34.3 Å². The molecule has 0 bridgehead atoms. The quantitative estimate of drug-likeness (QED) is 0.658. The molecule has 1 N–H and O–H groups in total. The van der Waals surface area contributed by atoms with Crippen molar-refractivity contribution in [2.75, 3.05) is 0 Å². The Morgan fingerprint density at radius 2 is 2.11 bits per heavy atom. The van der Waals surface area contributed by atoms with Gasteiger partial charge in [0.2, 0.25) is 0 Å². The summed E-state index contributed by atoms with van der Waals surface area (Å²) in [7, 11) is 0. The molecular formula is C11H13BrNO4S-. The van der Waals surface area contributed by atoms with Gasteiger partial charge in [0.1, 0.15) is 0 Å². The molecule has 0 heterocycles. The first-order valence-electron chi connectivity index (χ1n) is 5.12. The van der Waals surface area contributed by atoms with Crippen molar-refractivity contribution in [2.45, 2.75) is 20.3 Å². The molecule has 0 aliphatic heterocycles. The van der Waals surface area contributed by atoms with Gasteiger partial charge in [-0.1, -0.05) is 39.0 Å². The van der Waals surface area contributed by atoms with Crippen LogP contribution in [0.15, 0.2) is 28.7 Å². The van der Waals surface area contributed by atoms with Crippen molar-refractivity contribution in [1.82, 2.24) is 4.89 Å². The van der Waals surface area contributed by atoms with Crippen LogP contribution in [0, 0.1) is 5.41 Å². The Labute approximate surface area is 116 Å². The average molecular weight is 335 g/mol. The molecule has 1 unspecified atom stereocenters. The van der Waals surface area contributed by atoms with Crippen molar-refractivity contribution in [3.63, 3.8) is 0 Å². The third kappa shape index (κ3) is 4.49. The molecule has 0 amide bonds. The second-order valence-electron chi connectivity index (χ2n) is 4.36. The van der Waals surface area contributed by atoms with Gasteiger partial charge in [-0.3, -0.25) is 4.21 Å². The highest BCUT2D eigenvalue weighted by Crippen LogP contribution is 2.27. The summed E-state index contributed by atoms with van der Waals surface area (Å²) in [5.41, 5.74) is 0.110. The average Bonchev–Trinajstić information content (AvgIpc) is 2.28. The van der Waals surface area contributed by atoms with Crippen LogP contribution < -0.4 is 4.89 Å². The van der Waals surface area contributed by atoms with Gasteiger partial charge < -0.3 is 9.39 Å². The summed E-state index contributed by atoms with van der Waals surface area (Å²) < 4.78 is 21.4. The number of nitrogens with one attached hydrogen (secondary N) is 1. The van der Waals surface area contributed by atoms with E-state index in [1.165, 1.54) is 0 Å². The first-order chi connectivity index (χ1) is 8.33. The minimum Gasteiger partial charge on any atom is -0.758 e. The van der Waals surface area contributed by atoms with Crippen LogP contribution in [0.1, 0.15) is 19.4 Å². The van der Waals surface area contributed by atoms with Gasteiger partial charge in [0.15, 0.2) is 0 Å². The predicted octanol–water partition coefficient (Wildman–Crippen LogP) is 1.86. The molecule has 18 heavy (non-hydrogen) atoms. The SMILES string of the molecule is CC(C)(Cc1ccccc1Br)C(=O)ONS(=O)[O-]. The van der Waals surface area contributed by atoms with Gasteiger partial charge in [-0.25, -0.2) is 4.79 Å². The van der Waals surface area contributed by atoms with E-state index in [0.29, 0.717) is 6.42 Å². The summed E-state index contributed by atoms with van der Waals surface area (Å²) in [4.78, 5) is 17.8. The number of halogens is 1. The fourth-order valence-corrected chi connectivity index (χ4v) is 1.97. The second-order valence-corrected chi connectivity index (χ2v) is 5.85. The van der Waals surface area contributed by atoms with Crippen LogP contribution in [0.25, 0.3) is 0 Å². The summed E-state index contributed by atoms with van der Waals surface area (Å²) in [6, 6.07) is 7.51. The van der Waals surface area contributed by atoms with Gasteiger partial charge in [0.25, 0.3) is 0 Å². The summed E-state index contributed by atoms with van der Waals surface area (Å²) in [5, 5.41) is 0. The Bertz CT molecular complexity index is 464.